The molecule has 0 bridgehead atoms. The lowest BCUT2D eigenvalue weighted by Gasteiger charge is -2.09. The van der Waals surface area contributed by atoms with Gasteiger partial charge in [0.1, 0.15) is 12.1 Å². The number of carbonyl (C=O) groups excluding carboxylic acids is 1. The minimum absolute atomic E-state index is 0.209. The topological polar surface area (TPSA) is 86.9 Å². The molecule has 0 saturated heterocycles. The van der Waals surface area contributed by atoms with Gasteiger partial charge in [0.15, 0.2) is 12.4 Å². The van der Waals surface area contributed by atoms with Crippen molar-refractivity contribution in [3.63, 3.8) is 0 Å². The molecule has 0 aliphatic heterocycles. The first-order chi connectivity index (χ1) is 15.0. The summed E-state index contributed by atoms with van der Waals surface area (Å²) in [6.07, 6.45) is 3.29. The average molecular weight is 416 g/mol. The van der Waals surface area contributed by atoms with E-state index in [2.05, 4.69) is 32.6 Å². The monoisotopic (exact) mass is 416 g/mol. The second-order valence-corrected chi connectivity index (χ2v) is 7.49. The molecule has 0 unspecified atom stereocenters. The van der Waals surface area contributed by atoms with E-state index in [0.29, 0.717) is 6.54 Å². The zero-order valence-electron chi connectivity index (χ0n) is 17.7. The minimum Gasteiger partial charge on any atom is -0.471 e. The summed E-state index contributed by atoms with van der Waals surface area (Å²) < 4.78 is 9.05. The number of hydrogen-bond donors (Lipinski definition) is 1. The van der Waals surface area contributed by atoms with Crippen molar-refractivity contribution < 1.29 is 9.53 Å². The van der Waals surface area contributed by atoms with Crippen LogP contribution < -0.4 is 10.1 Å². The van der Waals surface area contributed by atoms with E-state index in [1.54, 1.807) is 28.0 Å². The van der Waals surface area contributed by atoms with Gasteiger partial charge >= 0.3 is 0 Å². The molecule has 1 N–H and O–H groups in total. The van der Waals surface area contributed by atoms with Crippen LogP contribution in [-0.4, -0.2) is 30.5 Å². The molecule has 0 saturated carbocycles. The highest BCUT2D eigenvalue weighted by atomic mass is 16.5. The Kier molecular flexibility index (Phi) is 5.79. The van der Waals surface area contributed by atoms with Gasteiger partial charge in [-0.05, 0) is 44.0 Å². The van der Waals surface area contributed by atoms with Crippen molar-refractivity contribution in [2.24, 2.45) is 0 Å². The molecule has 2 aromatic heterocycles. The Morgan fingerprint density at radius 3 is 2.65 bits per heavy atom. The molecule has 0 atom stereocenters. The van der Waals surface area contributed by atoms with E-state index in [9.17, 15) is 4.79 Å². The van der Waals surface area contributed by atoms with E-state index >= 15 is 0 Å². The number of anilines is 1. The molecule has 8 nitrogen and oxygen atoms in total. The van der Waals surface area contributed by atoms with Crippen LogP contribution in [0.2, 0.25) is 0 Å². The molecule has 0 aliphatic rings. The SMILES string of the molecule is Cc1cccc(Cn2cnc(NC(=O)c3ccn(COc4ccc(C)cc4C)n3)n2)c1. The molecule has 0 fully saturated rings. The fourth-order valence-electron chi connectivity index (χ4n) is 3.24. The van der Waals surface area contributed by atoms with Crippen LogP contribution in [0.25, 0.3) is 0 Å². The van der Waals surface area contributed by atoms with Gasteiger partial charge in [-0.3, -0.25) is 10.1 Å². The summed E-state index contributed by atoms with van der Waals surface area (Å²) in [5.41, 5.74) is 4.79. The summed E-state index contributed by atoms with van der Waals surface area (Å²) in [4.78, 5) is 16.6. The Labute approximate surface area is 180 Å². The van der Waals surface area contributed by atoms with Gasteiger partial charge in [-0.2, -0.15) is 5.10 Å². The first kappa shape index (κ1) is 20.3. The third kappa shape index (κ3) is 5.16. The van der Waals surface area contributed by atoms with Gasteiger partial charge < -0.3 is 4.74 Å². The highest BCUT2D eigenvalue weighted by Gasteiger charge is 2.13. The lowest BCUT2D eigenvalue weighted by Crippen LogP contribution is -2.15. The Morgan fingerprint density at radius 2 is 1.84 bits per heavy atom. The van der Waals surface area contributed by atoms with Crippen molar-refractivity contribution in [2.45, 2.75) is 34.0 Å². The normalized spacial score (nSPS) is 10.8. The van der Waals surface area contributed by atoms with Crippen molar-refractivity contribution in [1.29, 1.82) is 0 Å². The van der Waals surface area contributed by atoms with Crippen LogP contribution in [0.15, 0.2) is 61.1 Å². The average Bonchev–Trinajstić information content (AvgIpc) is 3.37. The fourth-order valence-corrected chi connectivity index (χ4v) is 3.24. The lowest BCUT2D eigenvalue weighted by atomic mass is 10.1. The highest BCUT2D eigenvalue weighted by Crippen LogP contribution is 2.19. The maximum atomic E-state index is 12.5. The zero-order valence-corrected chi connectivity index (χ0v) is 17.7. The second-order valence-electron chi connectivity index (χ2n) is 7.49. The number of aromatic nitrogens is 5. The molecule has 4 rings (SSSR count). The minimum atomic E-state index is -0.376. The Hall–Kier alpha value is -3.94. The molecule has 0 aliphatic carbocycles. The van der Waals surface area contributed by atoms with Crippen LogP contribution in [-0.2, 0) is 13.3 Å². The molecule has 1 amide bonds. The molecule has 0 spiro atoms. The lowest BCUT2D eigenvalue weighted by molar-refractivity contribution is 0.101. The Morgan fingerprint density at radius 1 is 1.00 bits per heavy atom. The Bertz CT molecular complexity index is 1210. The van der Waals surface area contributed by atoms with Gasteiger partial charge in [0.25, 0.3) is 5.91 Å². The fraction of sp³-hybridized carbons (Fsp3) is 0.217. The van der Waals surface area contributed by atoms with Gasteiger partial charge in [0.2, 0.25) is 5.95 Å². The van der Waals surface area contributed by atoms with E-state index in [1.807, 2.05) is 51.1 Å². The maximum absolute atomic E-state index is 12.5. The third-order valence-corrected chi connectivity index (χ3v) is 4.74. The van der Waals surface area contributed by atoms with Crippen LogP contribution in [0, 0.1) is 20.8 Å². The molecule has 0 radical (unpaired) electrons. The van der Waals surface area contributed by atoms with E-state index in [-0.39, 0.29) is 24.3 Å². The van der Waals surface area contributed by atoms with Crippen molar-refractivity contribution in [3.8, 4) is 5.75 Å². The molecule has 4 aromatic rings. The first-order valence-electron chi connectivity index (χ1n) is 9.96. The molecule has 2 heterocycles. The van der Waals surface area contributed by atoms with Gasteiger partial charge in [-0.15, -0.1) is 5.10 Å². The zero-order chi connectivity index (χ0) is 21.8. The summed E-state index contributed by atoms with van der Waals surface area (Å²) in [5.74, 6) is 0.646. The number of ether oxygens (including phenoxy) is 1. The molecule has 158 valence electrons. The van der Waals surface area contributed by atoms with Crippen molar-refractivity contribution in [1.82, 2.24) is 24.5 Å². The maximum Gasteiger partial charge on any atom is 0.278 e. The van der Waals surface area contributed by atoms with Gasteiger partial charge in [-0.25, -0.2) is 14.3 Å². The molecule has 8 heteroatoms. The Balaban J connectivity index is 1.34. The van der Waals surface area contributed by atoms with E-state index in [4.69, 9.17) is 4.74 Å². The van der Waals surface area contributed by atoms with Gasteiger partial charge in [-0.1, -0.05) is 47.5 Å². The van der Waals surface area contributed by atoms with Crippen LogP contribution in [0.4, 0.5) is 5.95 Å². The van der Waals surface area contributed by atoms with E-state index in [0.717, 1.165) is 16.9 Å². The van der Waals surface area contributed by atoms with Gasteiger partial charge in [0, 0.05) is 6.20 Å². The predicted octanol–water partition coefficient (Wildman–Crippen LogP) is 3.74. The second kappa shape index (κ2) is 8.83. The molecule has 31 heavy (non-hydrogen) atoms. The first-order valence-corrected chi connectivity index (χ1v) is 9.96. The number of rotatable bonds is 7. The third-order valence-electron chi connectivity index (χ3n) is 4.74. The van der Waals surface area contributed by atoms with Crippen LogP contribution in [0.5, 0.6) is 5.75 Å². The van der Waals surface area contributed by atoms with E-state index in [1.165, 1.54) is 11.1 Å². The molecular formula is C23H24N6O2. The number of benzene rings is 2. The summed E-state index contributed by atoms with van der Waals surface area (Å²) in [6.45, 7) is 6.86. The number of hydrogen-bond acceptors (Lipinski definition) is 5. The van der Waals surface area contributed by atoms with E-state index < -0.39 is 0 Å². The smallest absolute Gasteiger partial charge is 0.278 e. The molecular weight excluding hydrogens is 392 g/mol. The van der Waals surface area contributed by atoms with Crippen molar-refractivity contribution >= 4 is 11.9 Å². The molecule has 2 aromatic carbocycles. The number of nitrogens with zero attached hydrogens (tertiary/aromatic N) is 5. The van der Waals surface area contributed by atoms with Crippen molar-refractivity contribution in [3.05, 3.63) is 89.0 Å². The summed E-state index contributed by atoms with van der Waals surface area (Å²) in [7, 11) is 0. The van der Waals surface area contributed by atoms with Crippen LogP contribution in [0.3, 0.4) is 0 Å². The number of amides is 1. The largest absolute Gasteiger partial charge is 0.471 e. The number of aryl methyl sites for hydroxylation is 3. The van der Waals surface area contributed by atoms with Crippen molar-refractivity contribution in [2.75, 3.05) is 5.32 Å². The summed E-state index contributed by atoms with van der Waals surface area (Å²) >= 11 is 0. The van der Waals surface area contributed by atoms with Gasteiger partial charge in [0.05, 0.1) is 6.54 Å². The highest BCUT2D eigenvalue weighted by molar-refractivity contribution is 6.01. The van der Waals surface area contributed by atoms with Crippen LogP contribution in [0.1, 0.15) is 32.7 Å². The summed E-state index contributed by atoms with van der Waals surface area (Å²) in [6, 6.07) is 15.8. The number of carbonyl (C=O) groups is 1. The summed E-state index contributed by atoms with van der Waals surface area (Å²) in [5, 5.41) is 11.3. The quantitative estimate of drug-likeness (QED) is 0.496. The predicted molar refractivity (Wildman–Crippen MR) is 117 cm³/mol. The standard InChI is InChI=1S/C23H24N6O2/c1-16-5-4-6-19(12-16)13-29-14-24-23(27-29)25-22(30)20-9-10-28(26-20)15-31-21-8-7-17(2)11-18(21)3/h4-12,14H,13,15H2,1-3H3,(H,25,27,30). The number of nitrogens with one attached hydrogen (secondary N) is 1. The van der Waals surface area contributed by atoms with Crippen LogP contribution >= 0.6 is 0 Å².